The highest BCUT2D eigenvalue weighted by Crippen LogP contribution is 2.26. The van der Waals surface area contributed by atoms with Crippen molar-refractivity contribution in [2.45, 2.75) is 18.7 Å². The van der Waals surface area contributed by atoms with Gasteiger partial charge < -0.3 is 14.8 Å². The molecule has 3 N–H and O–H groups in total. The Morgan fingerprint density at radius 1 is 1.16 bits per heavy atom. The second kappa shape index (κ2) is 7.54. The first-order valence-electron chi connectivity index (χ1n) is 7.42. The Balaban J connectivity index is 2.11. The number of primary sulfonamides is 1. The van der Waals surface area contributed by atoms with Crippen molar-refractivity contribution in [2.75, 3.05) is 19.0 Å². The van der Waals surface area contributed by atoms with Gasteiger partial charge in [-0.25, -0.2) is 13.6 Å². The Kier molecular flexibility index (Phi) is 5.66. The van der Waals surface area contributed by atoms with Gasteiger partial charge in [0.05, 0.1) is 7.11 Å². The third-order valence-corrected chi connectivity index (χ3v) is 4.44. The molecule has 0 spiro atoms. The summed E-state index contributed by atoms with van der Waals surface area (Å²) in [6.45, 7) is 3.58. The smallest absolute Gasteiger partial charge is 0.262 e. The number of aryl methyl sites for hydroxylation is 2. The van der Waals surface area contributed by atoms with Crippen molar-refractivity contribution < 1.29 is 22.7 Å². The molecule has 0 fully saturated rings. The fourth-order valence-electron chi connectivity index (χ4n) is 2.34. The van der Waals surface area contributed by atoms with E-state index in [0.29, 0.717) is 5.75 Å². The van der Waals surface area contributed by atoms with Crippen molar-refractivity contribution in [3.63, 3.8) is 0 Å². The first kappa shape index (κ1) is 18.8. The molecule has 0 aliphatic heterocycles. The second-order valence-corrected chi connectivity index (χ2v) is 7.00. The minimum Gasteiger partial charge on any atom is -0.495 e. The highest BCUT2D eigenvalue weighted by molar-refractivity contribution is 7.89. The minimum atomic E-state index is -3.98. The molecule has 0 saturated heterocycles. The number of carbonyl (C=O) groups excluding carboxylic acids is 1. The number of methoxy groups -OCH3 is 1. The van der Waals surface area contributed by atoms with Crippen LogP contribution in [0.25, 0.3) is 0 Å². The molecular formula is C17H20N2O5S. The number of carbonyl (C=O) groups is 1. The van der Waals surface area contributed by atoms with Crippen LogP contribution in [-0.2, 0) is 14.8 Å². The zero-order valence-corrected chi connectivity index (χ0v) is 15.0. The molecule has 0 unspecified atom stereocenters. The minimum absolute atomic E-state index is 0.104. The van der Waals surface area contributed by atoms with Gasteiger partial charge in [-0.15, -0.1) is 0 Å². The van der Waals surface area contributed by atoms with Gasteiger partial charge in [0.25, 0.3) is 5.91 Å². The summed E-state index contributed by atoms with van der Waals surface area (Å²) in [4.78, 5) is 11.9. The molecule has 0 aliphatic rings. The van der Waals surface area contributed by atoms with E-state index in [4.69, 9.17) is 14.6 Å². The molecule has 0 bridgehead atoms. The number of sulfonamides is 1. The molecule has 0 radical (unpaired) electrons. The molecule has 0 atom stereocenters. The third kappa shape index (κ3) is 4.71. The zero-order valence-electron chi connectivity index (χ0n) is 14.2. The molecule has 0 aliphatic carbocycles. The van der Waals surface area contributed by atoms with Gasteiger partial charge in [0.15, 0.2) is 6.61 Å². The van der Waals surface area contributed by atoms with E-state index in [-0.39, 0.29) is 22.9 Å². The predicted molar refractivity (Wildman–Crippen MR) is 94.4 cm³/mol. The number of anilines is 1. The summed E-state index contributed by atoms with van der Waals surface area (Å²) in [6.07, 6.45) is 0. The molecule has 2 aromatic carbocycles. The summed E-state index contributed by atoms with van der Waals surface area (Å²) in [6, 6.07) is 9.87. The summed E-state index contributed by atoms with van der Waals surface area (Å²) in [5.74, 6) is 0.332. The molecule has 2 rings (SSSR count). The summed E-state index contributed by atoms with van der Waals surface area (Å²) >= 11 is 0. The number of benzene rings is 2. The fourth-order valence-corrected chi connectivity index (χ4v) is 3.06. The van der Waals surface area contributed by atoms with Gasteiger partial charge in [-0.05, 0) is 43.2 Å². The number of amides is 1. The summed E-state index contributed by atoms with van der Waals surface area (Å²) in [5.41, 5.74) is 2.13. The molecule has 8 heteroatoms. The standard InChI is InChI=1S/C17H20N2O5S/c1-11-5-4-6-12(2)17(11)24-10-16(20)19-13-7-8-14(23-3)15(9-13)25(18,21)22/h4-9H,10H2,1-3H3,(H,19,20)(H2,18,21,22). The molecule has 0 saturated carbocycles. The van der Waals surface area contributed by atoms with Gasteiger partial charge >= 0.3 is 0 Å². The maximum absolute atomic E-state index is 12.1. The number of ether oxygens (including phenoxy) is 2. The largest absolute Gasteiger partial charge is 0.495 e. The van der Waals surface area contributed by atoms with Crippen LogP contribution >= 0.6 is 0 Å². The van der Waals surface area contributed by atoms with E-state index >= 15 is 0 Å². The highest BCUT2D eigenvalue weighted by Gasteiger charge is 2.16. The van der Waals surface area contributed by atoms with Crippen molar-refractivity contribution in [1.82, 2.24) is 0 Å². The van der Waals surface area contributed by atoms with Crippen molar-refractivity contribution in [1.29, 1.82) is 0 Å². The van der Waals surface area contributed by atoms with Gasteiger partial charge in [-0.1, -0.05) is 18.2 Å². The number of hydrogen-bond acceptors (Lipinski definition) is 5. The maximum Gasteiger partial charge on any atom is 0.262 e. The van der Waals surface area contributed by atoms with Crippen LogP contribution in [0.2, 0.25) is 0 Å². The topological polar surface area (TPSA) is 108 Å². The van der Waals surface area contributed by atoms with E-state index in [0.717, 1.165) is 11.1 Å². The van der Waals surface area contributed by atoms with Crippen LogP contribution < -0.4 is 19.9 Å². The van der Waals surface area contributed by atoms with Crippen LogP contribution in [0, 0.1) is 13.8 Å². The normalized spacial score (nSPS) is 11.0. The van der Waals surface area contributed by atoms with E-state index in [1.807, 2.05) is 32.0 Å². The van der Waals surface area contributed by atoms with Crippen LogP contribution in [0.3, 0.4) is 0 Å². The van der Waals surface area contributed by atoms with E-state index < -0.39 is 15.9 Å². The monoisotopic (exact) mass is 364 g/mol. The molecule has 1 amide bonds. The summed E-state index contributed by atoms with van der Waals surface area (Å²) in [7, 11) is -2.64. The molecule has 0 aromatic heterocycles. The first-order valence-corrected chi connectivity index (χ1v) is 8.96. The number of nitrogens with two attached hydrogens (primary N) is 1. The zero-order chi connectivity index (χ0) is 18.6. The summed E-state index contributed by atoms with van der Waals surface area (Å²) < 4.78 is 33.7. The van der Waals surface area contributed by atoms with Crippen LogP contribution in [0.15, 0.2) is 41.3 Å². The molecule has 134 valence electrons. The average Bonchev–Trinajstić information content (AvgIpc) is 2.53. The van der Waals surface area contributed by atoms with Crippen LogP contribution in [0.1, 0.15) is 11.1 Å². The number of hydrogen-bond donors (Lipinski definition) is 2. The van der Waals surface area contributed by atoms with Gasteiger partial charge in [-0.2, -0.15) is 0 Å². The molecule has 25 heavy (non-hydrogen) atoms. The quantitative estimate of drug-likeness (QED) is 0.815. The Labute approximate surface area is 146 Å². The van der Waals surface area contributed by atoms with Gasteiger partial charge in [0.1, 0.15) is 16.4 Å². The number of para-hydroxylation sites is 1. The maximum atomic E-state index is 12.1. The molecule has 7 nitrogen and oxygen atoms in total. The van der Waals surface area contributed by atoms with Crippen LogP contribution in [-0.4, -0.2) is 28.0 Å². The van der Waals surface area contributed by atoms with E-state index in [2.05, 4.69) is 5.32 Å². The van der Waals surface area contributed by atoms with Crippen molar-refractivity contribution >= 4 is 21.6 Å². The Bertz CT molecular complexity index is 874. The SMILES string of the molecule is COc1ccc(NC(=O)COc2c(C)cccc2C)cc1S(N)(=O)=O. The lowest BCUT2D eigenvalue weighted by molar-refractivity contribution is -0.118. The predicted octanol–water partition coefficient (Wildman–Crippen LogP) is 1.98. The Morgan fingerprint density at radius 3 is 2.36 bits per heavy atom. The highest BCUT2D eigenvalue weighted by atomic mass is 32.2. The van der Waals surface area contributed by atoms with E-state index in [9.17, 15) is 13.2 Å². The molecule has 2 aromatic rings. The van der Waals surface area contributed by atoms with Crippen molar-refractivity contribution in [2.24, 2.45) is 5.14 Å². The van der Waals surface area contributed by atoms with Crippen LogP contribution in [0.4, 0.5) is 5.69 Å². The second-order valence-electron chi connectivity index (χ2n) is 5.47. The third-order valence-electron chi connectivity index (χ3n) is 3.51. The van der Waals surface area contributed by atoms with Gasteiger partial charge in [-0.3, -0.25) is 4.79 Å². The fraction of sp³-hybridized carbons (Fsp3) is 0.235. The number of rotatable bonds is 6. The molecule has 0 heterocycles. The lowest BCUT2D eigenvalue weighted by atomic mass is 10.1. The van der Waals surface area contributed by atoms with Gasteiger partial charge in [0, 0.05) is 5.69 Å². The first-order chi connectivity index (χ1) is 11.7. The van der Waals surface area contributed by atoms with E-state index in [1.54, 1.807) is 0 Å². The van der Waals surface area contributed by atoms with Gasteiger partial charge in [0.2, 0.25) is 10.0 Å². The average molecular weight is 364 g/mol. The van der Waals surface area contributed by atoms with Crippen LogP contribution in [0.5, 0.6) is 11.5 Å². The lowest BCUT2D eigenvalue weighted by Crippen LogP contribution is -2.21. The van der Waals surface area contributed by atoms with E-state index in [1.165, 1.54) is 25.3 Å². The Hall–Kier alpha value is -2.58. The number of nitrogens with one attached hydrogen (secondary N) is 1. The van der Waals surface area contributed by atoms with Crippen molar-refractivity contribution in [3.8, 4) is 11.5 Å². The Morgan fingerprint density at radius 2 is 1.80 bits per heavy atom. The lowest BCUT2D eigenvalue weighted by Gasteiger charge is -2.13. The van der Waals surface area contributed by atoms with Crippen molar-refractivity contribution in [3.05, 3.63) is 47.5 Å². The summed E-state index contributed by atoms with van der Waals surface area (Å²) in [5, 5.41) is 7.73. The molecular weight excluding hydrogens is 344 g/mol.